The van der Waals surface area contributed by atoms with Crippen molar-refractivity contribution in [2.75, 3.05) is 0 Å². The molecular formula is C26H32FNO3. The number of hydrogen-bond donors (Lipinski definition) is 0. The third-order valence-electron chi connectivity index (χ3n) is 6.87. The zero-order chi connectivity index (χ0) is 22.2. The molecule has 1 unspecified atom stereocenters. The summed E-state index contributed by atoms with van der Waals surface area (Å²) in [6.45, 7) is 5.99. The number of hydrogen-bond acceptors (Lipinski definition) is 4. The lowest BCUT2D eigenvalue weighted by atomic mass is 9.67. The maximum Gasteiger partial charge on any atom is 0.315 e. The fraction of sp³-hybridized carbons (Fsp3) is 0.577. The number of halogens is 1. The van der Waals surface area contributed by atoms with E-state index in [4.69, 9.17) is 9.73 Å². The minimum atomic E-state index is -0.655. The number of esters is 1. The van der Waals surface area contributed by atoms with E-state index >= 15 is 0 Å². The summed E-state index contributed by atoms with van der Waals surface area (Å²) in [5, 5.41) is 0. The lowest BCUT2D eigenvalue weighted by molar-refractivity contribution is -0.152. The van der Waals surface area contributed by atoms with Gasteiger partial charge in [0.15, 0.2) is 5.78 Å². The van der Waals surface area contributed by atoms with Crippen LogP contribution in [0.2, 0.25) is 0 Å². The van der Waals surface area contributed by atoms with Gasteiger partial charge >= 0.3 is 5.97 Å². The van der Waals surface area contributed by atoms with Gasteiger partial charge in [0.05, 0.1) is 0 Å². The van der Waals surface area contributed by atoms with Gasteiger partial charge in [0.2, 0.25) is 0 Å². The second-order valence-electron chi connectivity index (χ2n) is 10.1. The van der Waals surface area contributed by atoms with Gasteiger partial charge in [0.1, 0.15) is 17.8 Å². The lowest BCUT2D eigenvalue weighted by Gasteiger charge is -2.39. The molecule has 0 saturated heterocycles. The number of aliphatic imine (C=N–C) groups is 1. The van der Waals surface area contributed by atoms with Crippen LogP contribution in [0, 0.1) is 17.2 Å². The van der Waals surface area contributed by atoms with Crippen LogP contribution in [0.25, 0.3) is 0 Å². The first-order chi connectivity index (χ1) is 14.7. The molecule has 1 aromatic carbocycles. The van der Waals surface area contributed by atoms with Crippen LogP contribution in [-0.4, -0.2) is 23.6 Å². The monoisotopic (exact) mass is 425 g/mol. The normalized spacial score (nSPS) is 26.7. The molecule has 4 rings (SSSR count). The predicted octanol–water partition coefficient (Wildman–Crippen LogP) is 5.91. The van der Waals surface area contributed by atoms with E-state index in [1.165, 1.54) is 25.0 Å². The van der Waals surface area contributed by atoms with Crippen molar-refractivity contribution in [1.29, 1.82) is 0 Å². The fourth-order valence-corrected chi connectivity index (χ4v) is 5.38. The zero-order valence-electron chi connectivity index (χ0n) is 18.7. The highest BCUT2D eigenvalue weighted by atomic mass is 19.1. The first kappa shape index (κ1) is 21.9. The molecule has 1 aliphatic heterocycles. The first-order valence-electron chi connectivity index (χ1n) is 11.5. The van der Waals surface area contributed by atoms with Crippen molar-refractivity contribution in [2.45, 2.75) is 84.2 Å². The number of allylic oxidation sites excluding steroid dienone is 2. The van der Waals surface area contributed by atoms with E-state index in [-0.39, 0.29) is 29.1 Å². The van der Waals surface area contributed by atoms with Crippen LogP contribution in [0.3, 0.4) is 0 Å². The van der Waals surface area contributed by atoms with E-state index in [1.807, 2.05) is 6.92 Å². The quantitative estimate of drug-likeness (QED) is 0.447. The Hall–Kier alpha value is -2.30. The third kappa shape index (κ3) is 4.65. The van der Waals surface area contributed by atoms with E-state index in [0.717, 1.165) is 36.9 Å². The van der Waals surface area contributed by atoms with Gasteiger partial charge in [-0.2, -0.15) is 0 Å². The minimum Gasteiger partial charge on any atom is -0.462 e. The van der Waals surface area contributed by atoms with Crippen molar-refractivity contribution in [3.63, 3.8) is 0 Å². The smallest absolute Gasteiger partial charge is 0.315 e. The standard InChI is InChI=1S/C26H32FNO3/c1-16-22(25(30)31-19-8-6-4-5-7-9-19)23(17-10-12-18(27)13-11-17)24-20(28-16)14-26(2,3)15-21(24)29/h10-13,19,22-23H,4-9,14-15H2,1-3H3/t22?,23-/m1/s1. The van der Waals surface area contributed by atoms with Gasteiger partial charge in [0, 0.05) is 29.3 Å². The summed E-state index contributed by atoms with van der Waals surface area (Å²) in [7, 11) is 0. The van der Waals surface area contributed by atoms with E-state index in [9.17, 15) is 14.0 Å². The maximum absolute atomic E-state index is 13.7. The highest BCUT2D eigenvalue weighted by Crippen LogP contribution is 2.48. The number of benzene rings is 1. The van der Waals surface area contributed by atoms with Crippen LogP contribution < -0.4 is 0 Å². The molecule has 166 valence electrons. The summed E-state index contributed by atoms with van der Waals surface area (Å²) in [5.41, 5.74) is 2.66. The Labute approximate surface area is 184 Å². The number of carbonyl (C=O) groups is 2. The molecule has 1 heterocycles. The fourth-order valence-electron chi connectivity index (χ4n) is 5.38. The van der Waals surface area contributed by atoms with E-state index in [0.29, 0.717) is 24.1 Å². The molecule has 0 bridgehead atoms. The molecule has 0 aromatic heterocycles. The molecule has 4 nitrogen and oxygen atoms in total. The van der Waals surface area contributed by atoms with Crippen molar-refractivity contribution in [2.24, 2.45) is 16.3 Å². The molecule has 0 radical (unpaired) electrons. The Morgan fingerprint density at radius 3 is 2.35 bits per heavy atom. The van der Waals surface area contributed by atoms with Crippen molar-refractivity contribution in [3.8, 4) is 0 Å². The van der Waals surface area contributed by atoms with E-state index in [2.05, 4.69) is 13.8 Å². The number of rotatable bonds is 3. The van der Waals surface area contributed by atoms with E-state index in [1.54, 1.807) is 12.1 Å². The lowest BCUT2D eigenvalue weighted by Crippen LogP contribution is -2.40. The van der Waals surface area contributed by atoms with Crippen LogP contribution in [-0.2, 0) is 14.3 Å². The maximum atomic E-state index is 13.7. The number of ether oxygens (including phenoxy) is 1. The van der Waals surface area contributed by atoms with Crippen LogP contribution in [0.15, 0.2) is 40.5 Å². The molecule has 2 atom stereocenters. The van der Waals surface area contributed by atoms with Crippen molar-refractivity contribution in [1.82, 2.24) is 0 Å². The minimum absolute atomic E-state index is 0.0316. The molecule has 0 spiro atoms. The Morgan fingerprint density at radius 2 is 1.71 bits per heavy atom. The van der Waals surface area contributed by atoms with Gasteiger partial charge < -0.3 is 4.74 Å². The van der Waals surface area contributed by atoms with Crippen LogP contribution in [0.1, 0.15) is 83.6 Å². The van der Waals surface area contributed by atoms with Crippen molar-refractivity contribution in [3.05, 3.63) is 46.9 Å². The second kappa shape index (κ2) is 8.68. The van der Waals surface area contributed by atoms with Gasteiger partial charge in [-0.25, -0.2) is 4.39 Å². The second-order valence-corrected chi connectivity index (χ2v) is 10.1. The van der Waals surface area contributed by atoms with Crippen LogP contribution >= 0.6 is 0 Å². The predicted molar refractivity (Wildman–Crippen MR) is 118 cm³/mol. The zero-order valence-corrected chi connectivity index (χ0v) is 18.7. The molecule has 5 heteroatoms. The number of Topliss-reactive ketones (excluding diaryl/α,β-unsaturated/α-hetero) is 1. The van der Waals surface area contributed by atoms with Gasteiger partial charge in [-0.15, -0.1) is 0 Å². The summed E-state index contributed by atoms with van der Waals surface area (Å²) in [6, 6.07) is 6.15. The Balaban J connectivity index is 1.72. The van der Waals surface area contributed by atoms with Crippen molar-refractivity contribution < 1.29 is 18.7 Å². The largest absolute Gasteiger partial charge is 0.462 e. The summed E-state index contributed by atoms with van der Waals surface area (Å²) in [5.74, 6) is -1.75. The highest BCUT2D eigenvalue weighted by Gasteiger charge is 2.46. The van der Waals surface area contributed by atoms with Gasteiger partial charge in [-0.05, 0) is 62.1 Å². The van der Waals surface area contributed by atoms with Crippen LogP contribution in [0.4, 0.5) is 4.39 Å². The average molecular weight is 426 g/mol. The van der Waals surface area contributed by atoms with Gasteiger partial charge in [-0.3, -0.25) is 14.6 Å². The van der Waals surface area contributed by atoms with Gasteiger partial charge in [0.25, 0.3) is 0 Å². The third-order valence-corrected chi connectivity index (χ3v) is 6.87. The number of nitrogens with zero attached hydrogens (tertiary/aromatic N) is 1. The van der Waals surface area contributed by atoms with Crippen molar-refractivity contribution >= 4 is 17.5 Å². The summed E-state index contributed by atoms with van der Waals surface area (Å²) >= 11 is 0. The summed E-state index contributed by atoms with van der Waals surface area (Å²) < 4.78 is 19.6. The Kier molecular flexibility index (Phi) is 6.14. The van der Waals surface area contributed by atoms with E-state index < -0.39 is 11.8 Å². The number of ketones is 1. The Morgan fingerprint density at radius 1 is 1.06 bits per heavy atom. The first-order valence-corrected chi connectivity index (χ1v) is 11.5. The molecule has 1 aromatic rings. The molecular weight excluding hydrogens is 393 g/mol. The molecule has 0 amide bonds. The molecule has 3 aliphatic rings. The molecule has 1 saturated carbocycles. The molecule has 31 heavy (non-hydrogen) atoms. The van der Waals surface area contributed by atoms with Crippen LogP contribution in [0.5, 0.6) is 0 Å². The summed E-state index contributed by atoms with van der Waals surface area (Å²) in [4.78, 5) is 31.4. The SMILES string of the molecule is CC1=NC2=C(C(=O)CC(C)(C)C2)[C@H](c2ccc(F)cc2)C1C(=O)OC1CCCCCC1. The summed E-state index contributed by atoms with van der Waals surface area (Å²) in [6.07, 6.45) is 7.30. The number of carbonyl (C=O) groups excluding carboxylic acids is 2. The average Bonchev–Trinajstić information content (AvgIpc) is 2.95. The highest BCUT2D eigenvalue weighted by molar-refractivity contribution is 6.09. The van der Waals surface area contributed by atoms with Gasteiger partial charge in [-0.1, -0.05) is 38.8 Å². The molecule has 2 aliphatic carbocycles. The Bertz CT molecular complexity index is 920. The molecule has 1 fully saturated rings. The molecule has 0 N–H and O–H groups in total. The topological polar surface area (TPSA) is 55.7 Å².